The van der Waals surface area contributed by atoms with E-state index in [4.69, 9.17) is 4.42 Å². The molecule has 9 rings (SSSR count). The smallest absolute Gasteiger partial charge is 0.137 e. The van der Waals surface area contributed by atoms with Gasteiger partial charge in [-0.25, -0.2) is 0 Å². The number of hydrogen-bond donors (Lipinski definition) is 0. The lowest BCUT2D eigenvalue weighted by Gasteiger charge is -2.28. The van der Waals surface area contributed by atoms with Gasteiger partial charge in [0, 0.05) is 43.4 Å². The summed E-state index contributed by atoms with van der Waals surface area (Å²) < 4.78 is 8.96. The molecule has 0 spiro atoms. The van der Waals surface area contributed by atoms with Crippen LogP contribution in [0.25, 0.3) is 63.7 Å². The van der Waals surface area contributed by atoms with Crippen molar-refractivity contribution < 1.29 is 4.42 Å². The molecule has 0 N–H and O–H groups in total. The van der Waals surface area contributed by atoms with Crippen molar-refractivity contribution in [1.82, 2.24) is 0 Å². The first kappa shape index (κ1) is 22.7. The summed E-state index contributed by atoms with van der Waals surface area (Å²) in [5.74, 6) is 0. The minimum Gasteiger partial charge on any atom is -0.456 e. The van der Waals surface area contributed by atoms with Crippen molar-refractivity contribution in [2.75, 3.05) is 4.90 Å². The van der Waals surface area contributed by atoms with Gasteiger partial charge in [-0.15, -0.1) is 11.3 Å². The predicted molar refractivity (Wildman–Crippen MR) is 176 cm³/mol. The highest BCUT2D eigenvalue weighted by Gasteiger charge is 2.22. The molecule has 2 nitrogen and oxygen atoms in total. The highest BCUT2D eigenvalue weighted by molar-refractivity contribution is 7.26. The Morgan fingerprint density at radius 2 is 1.12 bits per heavy atom. The van der Waals surface area contributed by atoms with Gasteiger partial charge in [0.2, 0.25) is 0 Å². The summed E-state index contributed by atoms with van der Waals surface area (Å²) in [6.45, 7) is 0. The Hall–Kier alpha value is -5.12. The number of furan rings is 1. The van der Waals surface area contributed by atoms with E-state index in [9.17, 15) is 0 Å². The van der Waals surface area contributed by atoms with Gasteiger partial charge in [-0.3, -0.25) is 0 Å². The van der Waals surface area contributed by atoms with E-state index in [1.807, 2.05) is 23.5 Å². The Balaban J connectivity index is 1.41. The lowest BCUT2D eigenvalue weighted by molar-refractivity contribution is 0.669. The van der Waals surface area contributed by atoms with Gasteiger partial charge in [-0.1, -0.05) is 97.1 Å². The van der Waals surface area contributed by atoms with E-state index in [0.717, 1.165) is 33.3 Å². The lowest BCUT2D eigenvalue weighted by Crippen LogP contribution is -2.10. The Morgan fingerprint density at radius 1 is 0.439 bits per heavy atom. The standard InChI is InChI=1S/C38H23NOS/c1-2-11-26-24(10-1)22-34(28-13-4-3-12-27(26)28)39(25-20-21-30-29-14-5-7-18-35(29)40-36(30)23-25)33-17-9-16-32-31-15-6-8-19-37(31)41-38(32)33/h1-23H. The molecule has 3 heteroatoms. The molecule has 0 aliphatic heterocycles. The van der Waals surface area contributed by atoms with Crippen LogP contribution in [-0.2, 0) is 0 Å². The molecular weight excluding hydrogens is 518 g/mol. The number of rotatable bonds is 3. The number of fused-ring (bicyclic) bond motifs is 9. The van der Waals surface area contributed by atoms with Crippen molar-refractivity contribution in [1.29, 1.82) is 0 Å². The third-order valence-electron chi connectivity index (χ3n) is 8.23. The van der Waals surface area contributed by atoms with Crippen LogP contribution < -0.4 is 4.90 Å². The predicted octanol–water partition coefficient (Wildman–Crippen LogP) is 11.7. The molecular formula is C38H23NOS. The second-order valence-electron chi connectivity index (χ2n) is 10.5. The van der Waals surface area contributed by atoms with Crippen LogP contribution in [0.1, 0.15) is 0 Å². The van der Waals surface area contributed by atoms with Gasteiger partial charge in [0.25, 0.3) is 0 Å². The van der Waals surface area contributed by atoms with Crippen molar-refractivity contribution in [3.05, 3.63) is 140 Å². The fourth-order valence-corrected chi connectivity index (χ4v) is 7.60. The summed E-state index contributed by atoms with van der Waals surface area (Å²) in [5, 5.41) is 9.80. The maximum atomic E-state index is 6.38. The van der Waals surface area contributed by atoms with Crippen LogP contribution in [0.2, 0.25) is 0 Å². The van der Waals surface area contributed by atoms with E-state index in [1.54, 1.807) is 0 Å². The first-order valence-electron chi connectivity index (χ1n) is 13.9. The molecule has 192 valence electrons. The molecule has 2 heterocycles. The third kappa shape index (κ3) is 3.36. The molecule has 0 unspecified atom stereocenters. The van der Waals surface area contributed by atoms with Crippen molar-refractivity contribution in [2.24, 2.45) is 0 Å². The zero-order valence-corrected chi connectivity index (χ0v) is 22.9. The molecule has 0 bridgehead atoms. The normalized spacial score (nSPS) is 11.9. The molecule has 0 saturated carbocycles. The zero-order valence-electron chi connectivity index (χ0n) is 22.0. The van der Waals surface area contributed by atoms with Crippen molar-refractivity contribution in [3.8, 4) is 0 Å². The van der Waals surface area contributed by atoms with Gasteiger partial charge in [-0.05, 0) is 52.6 Å². The van der Waals surface area contributed by atoms with Crippen LogP contribution in [0.4, 0.5) is 17.1 Å². The van der Waals surface area contributed by atoms with Gasteiger partial charge in [-0.2, -0.15) is 0 Å². The van der Waals surface area contributed by atoms with Crippen LogP contribution in [0.3, 0.4) is 0 Å². The number of benzene rings is 7. The maximum Gasteiger partial charge on any atom is 0.137 e. The molecule has 41 heavy (non-hydrogen) atoms. The Bertz CT molecular complexity index is 2450. The van der Waals surface area contributed by atoms with Crippen LogP contribution >= 0.6 is 11.3 Å². The fraction of sp³-hybridized carbons (Fsp3) is 0. The van der Waals surface area contributed by atoms with Gasteiger partial charge >= 0.3 is 0 Å². The molecule has 0 aliphatic rings. The van der Waals surface area contributed by atoms with E-state index >= 15 is 0 Å². The molecule has 0 saturated heterocycles. The number of nitrogens with zero attached hydrogens (tertiary/aromatic N) is 1. The van der Waals surface area contributed by atoms with E-state index < -0.39 is 0 Å². The Kier molecular flexibility index (Phi) is 4.80. The SMILES string of the molecule is c1ccc2c(c1)cc(N(c1ccc3c(c1)oc1ccccc13)c1cccc3c1sc1ccccc13)c1ccccc12. The minimum atomic E-state index is 0.891. The second kappa shape index (κ2) is 8.69. The summed E-state index contributed by atoms with van der Waals surface area (Å²) >= 11 is 1.86. The molecule has 2 aromatic heterocycles. The second-order valence-corrected chi connectivity index (χ2v) is 11.6. The number of anilines is 3. The van der Waals surface area contributed by atoms with Crippen molar-refractivity contribution >= 4 is 92.1 Å². The highest BCUT2D eigenvalue weighted by atomic mass is 32.1. The molecule has 9 aromatic rings. The van der Waals surface area contributed by atoms with Gasteiger partial charge in [0.15, 0.2) is 0 Å². The Morgan fingerprint density at radius 3 is 2.02 bits per heavy atom. The molecule has 0 fully saturated rings. The van der Waals surface area contributed by atoms with Crippen LogP contribution in [0.15, 0.2) is 144 Å². The molecule has 0 aliphatic carbocycles. The maximum absolute atomic E-state index is 6.38. The van der Waals surface area contributed by atoms with Crippen LogP contribution in [0, 0.1) is 0 Å². The third-order valence-corrected chi connectivity index (χ3v) is 9.44. The molecule has 0 amide bonds. The van der Waals surface area contributed by atoms with E-state index in [0.29, 0.717) is 0 Å². The van der Waals surface area contributed by atoms with Crippen LogP contribution in [0.5, 0.6) is 0 Å². The molecule has 7 aromatic carbocycles. The monoisotopic (exact) mass is 541 g/mol. The van der Waals surface area contributed by atoms with E-state index in [1.165, 1.54) is 47.4 Å². The van der Waals surface area contributed by atoms with Gasteiger partial charge in [0.1, 0.15) is 11.2 Å². The summed E-state index contributed by atoms with van der Waals surface area (Å²) in [5.41, 5.74) is 5.19. The average molecular weight is 542 g/mol. The zero-order chi connectivity index (χ0) is 26.9. The minimum absolute atomic E-state index is 0.891. The number of para-hydroxylation sites is 1. The Labute approximate surface area is 240 Å². The highest BCUT2D eigenvalue weighted by Crippen LogP contribution is 2.48. The average Bonchev–Trinajstić information content (AvgIpc) is 3.60. The van der Waals surface area contributed by atoms with E-state index in [-0.39, 0.29) is 0 Å². The largest absolute Gasteiger partial charge is 0.456 e. The summed E-state index contributed by atoms with van der Waals surface area (Å²) in [6.07, 6.45) is 0. The first-order valence-corrected chi connectivity index (χ1v) is 14.7. The van der Waals surface area contributed by atoms with E-state index in [2.05, 4.69) is 132 Å². The lowest BCUT2D eigenvalue weighted by atomic mass is 9.98. The summed E-state index contributed by atoms with van der Waals surface area (Å²) in [7, 11) is 0. The van der Waals surface area contributed by atoms with Gasteiger partial charge in [0.05, 0.1) is 16.1 Å². The van der Waals surface area contributed by atoms with Gasteiger partial charge < -0.3 is 9.32 Å². The summed E-state index contributed by atoms with van der Waals surface area (Å²) in [4.78, 5) is 2.43. The first-order chi connectivity index (χ1) is 20.3. The van der Waals surface area contributed by atoms with Crippen molar-refractivity contribution in [2.45, 2.75) is 0 Å². The molecule has 0 radical (unpaired) electrons. The quantitative estimate of drug-likeness (QED) is 0.207. The number of thiophene rings is 1. The summed E-state index contributed by atoms with van der Waals surface area (Å²) in [6, 6.07) is 50.1. The topological polar surface area (TPSA) is 16.4 Å². The van der Waals surface area contributed by atoms with Crippen molar-refractivity contribution in [3.63, 3.8) is 0 Å². The van der Waals surface area contributed by atoms with Crippen LogP contribution in [-0.4, -0.2) is 0 Å². The molecule has 0 atom stereocenters. The number of hydrogen-bond acceptors (Lipinski definition) is 3. The fourth-order valence-electron chi connectivity index (χ4n) is 6.39.